The molecule has 2 heterocycles. The summed E-state index contributed by atoms with van der Waals surface area (Å²) >= 11 is 0. The van der Waals surface area contributed by atoms with E-state index in [4.69, 9.17) is 0 Å². The highest BCUT2D eigenvalue weighted by Crippen LogP contribution is 2.26. The van der Waals surface area contributed by atoms with Crippen LogP contribution in [0.15, 0.2) is 24.3 Å². The molecule has 86 valence electrons. The molecule has 0 radical (unpaired) electrons. The van der Waals surface area contributed by atoms with E-state index in [9.17, 15) is 0 Å². The molecule has 1 aromatic carbocycles. The normalized spacial score (nSPS) is 25.2. The van der Waals surface area contributed by atoms with Gasteiger partial charge in [-0.05, 0) is 49.4 Å². The van der Waals surface area contributed by atoms with E-state index in [1.54, 1.807) is 0 Å². The summed E-state index contributed by atoms with van der Waals surface area (Å²) in [5.74, 6) is 0.743. The summed E-state index contributed by atoms with van der Waals surface area (Å²) in [4.78, 5) is 2.50. The first-order valence-electron chi connectivity index (χ1n) is 6.49. The smallest absolute Gasteiger partial charge is 0.0366 e. The van der Waals surface area contributed by atoms with Gasteiger partial charge in [-0.1, -0.05) is 12.1 Å². The maximum atomic E-state index is 3.43. The second-order valence-corrected chi connectivity index (χ2v) is 4.98. The van der Waals surface area contributed by atoms with E-state index in [1.807, 2.05) is 0 Å². The Balaban J connectivity index is 1.73. The number of hydrogen-bond donors (Lipinski definition) is 1. The molecule has 0 aliphatic carbocycles. The molecule has 0 aromatic heterocycles. The van der Waals surface area contributed by atoms with Gasteiger partial charge in [0.25, 0.3) is 0 Å². The number of anilines is 1. The molecule has 2 saturated heterocycles. The van der Waals surface area contributed by atoms with Crippen LogP contribution in [0.25, 0.3) is 0 Å². The van der Waals surface area contributed by atoms with Gasteiger partial charge in [0.15, 0.2) is 0 Å². The van der Waals surface area contributed by atoms with Crippen molar-refractivity contribution in [3.63, 3.8) is 0 Å². The van der Waals surface area contributed by atoms with Crippen molar-refractivity contribution in [1.82, 2.24) is 5.32 Å². The molecule has 2 heteroatoms. The van der Waals surface area contributed by atoms with Crippen LogP contribution in [0.3, 0.4) is 0 Å². The Labute approximate surface area is 97.6 Å². The van der Waals surface area contributed by atoms with Gasteiger partial charge < -0.3 is 10.2 Å². The summed E-state index contributed by atoms with van der Waals surface area (Å²) in [5.41, 5.74) is 2.92. The van der Waals surface area contributed by atoms with Crippen molar-refractivity contribution in [3.05, 3.63) is 29.8 Å². The average Bonchev–Trinajstić information content (AvgIpc) is 3.03. The molecule has 2 aliphatic heterocycles. The zero-order valence-corrected chi connectivity index (χ0v) is 9.78. The Hall–Kier alpha value is -1.02. The van der Waals surface area contributed by atoms with Gasteiger partial charge in [0.05, 0.1) is 0 Å². The molecule has 0 unspecified atom stereocenters. The molecular weight excluding hydrogens is 196 g/mol. The minimum absolute atomic E-state index is 0.743. The fourth-order valence-corrected chi connectivity index (χ4v) is 2.87. The van der Waals surface area contributed by atoms with Crippen molar-refractivity contribution >= 4 is 5.69 Å². The van der Waals surface area contributed by atoms with E-state index < -0.39 is 0 Å². The number of benzene rings is 1. The second kappa shape index (κ2) is 4.46. The Bertz CT molecular complexity index is 297. The summed E-state index contributed by atoms with van der Waals surface area (Å²) in [6, 6.07) is 9.26. The topological polar surface area (TPSA) is 15.3 Å². The quantitative estimate of drug-likeness (QED) is 0.816. The molecule has 0 amide bonds. The van der Waals surface area contributed by atoms with E-state index in [0.29, 0.717) is 0 Å². The third-order valence-corrected chi connectivity index (χ3v) is 3.90. The van der Waals surface area contributed by atoms with Crippen molar-refractivity contribution in [1.29, 1.82) is 0 Å². The lowest BCUT2D eigenvalue weighted by Crippen LogP contribution is -2.17. The van der Waals surface area contributed by atoms with Crippen LogP contribution in [-0.2, 0) is 0 Å². The van der Waals surface area contributed by atoms with Gasteiger partial charge in [0.2, 0.25) is 0 Å². The van der Waals surface area contributed by atoms with Gasteiger partial charge in [0, 0.05) is 25.3 Å². The Morgan fingerprint density at radius 2 is 1.81 bits per heavy atom. The Morgan fingerprint density at radius 3 is 2.44 bits per heavy atom. The molecule has 1 N–H and O–H groups in total. The summed E-state index contributed by atoms with van der Waals surface area (Å²) in [6.45, 7) is 4.82. The second-order valence-electron chi connectivity index (χ2n) is 4.98. The molecule has 3 rings (SSSR count). The lowest BCUT2D eigenvalue weighted by atomic mass is 9.98. The predicted molar refractivity (Wildman–Crippen MR) is 68.1 cm³/mol. The van der Waals surface area contributed by atoms with Crippen molar-refractivity contribution in [2.24, 2.45) is 0 Å². The highest BCUT2D eigenvalue weighted by atomic mass is 15.1. The van der Waals surface area contributed by atoms with E-state index in [2.05, 4.69) is 34.5 Å². The highest BCUT2D eigenvalue weighted by molar-refractivity contribution is 5.48. The minimum atomic E-state index is 0.743. The van der Waals surface area contributed by atoms with Crippen LogP contribution in [0.5, 0.6) is 0 Å². The zero-order valence-electron chi connectivity index (χ0n) is 9.78. The summed E-state index contributed by atoms with van der Waals surface area (Å²) in [7, 11) is 0. The van der Waals surface area contributed by atoms with Gasteiger partial charge in [-0.25, -0.2) is 0 Å². The Morgan fingerprint density at radius 1 is 1.06 bits per heavy atom. The van der Waals surface area contributed by atoms with Crippen LogP contribution in [0, 0.1) is 0 Å². The third-order valence-electron chi connectivity index (χ3n) is 3.90. The summed E-state index contributed by atoms with van der Waals surface area (Å²) in [5, 5.41) is 3.43. The first-order valence-corrected chi connectivity index (χ1v) is 6.49. The maximum Gasteiger partial charge on any atom is 0.0366 e. The number of rotatable bonds is 2. The van der Waals surface area contributed by atoms with Crippen LogP contribution in [0.1, 0.15) is 30.7 Å². The van der Waals surface area contributed by atoms with Crippen LogP contribution >= 0.6 is 0 Å². The van der Waals surface area contributed by atoms with Crippen LogP contribution in [-0.4, -0.2) is 26.2 Å². The minimum Gasteiger partial charge on any atom is -0.372 e. The van der Waals surface area contributed by atoms with Gasteiger partial charge in [-0.15, -0.1) is 0 Å². The molecule has 0 bridgehead atoms. The lowest BCUT2D eigenvalue weighted by Gasteiger charge is -2.18. The van der Waals surface area contributed by atoms with E-state index in [1.165, 1.54) is 50.1 Å². The third kappa shape index (κ3) is 1.94. The maximum absolute atomic E-state index is 3.43. The molecule has 2 aliphatic rings. The fraction of sp³-hybridized carbons (Fsp3) is 0.571. The van der Waals surface area contributed by atoms with Crippen molar-refractivity contribution in [2.75, 3.05) is 31.1 Å². The van der Waals surface area contributed by atoms with Crippen LogP contribution < -0.4 is 10.2 Å². The van der Waals surface area contributed by atoms with E-state index in [0.717, 1.165) is 12.5 Å². The first kappa shape index (κ1) is 10.2. The van der Waals surface area contributed by atoms with Gasteiger partial charge in [0.1, 0.15) is 0 Å². The molecule has 1 aromatic rings. The molecular formula is C14H20N2. The number of nitrogens with one attached hydrogen (secondary N) is 1. The zero-order chi connectivity index (χ0) is 10.8. The molecule has 0 spiro atoms. The molecule has 2 fully saturated rings. The highest BCUT2D eigenvalue weighted by Gasteiger charge is 2.17. The monoisotopic (exact) mass is 216 g/mol. The largest absolute Gasteiger partial charge is 0.372 e. The van der Waals surface area contributed by atoms with Crippen LogP contribution in [0.4, 0.5) is 5.69 Å². The molecule has 1 atom stereocenters. The number of nitrogens with zero attached hydrogens (tertiary/aromatic N) is 1. The van der Waals surface area contributed by atoms with Gasteiger partial charge in [-0.2, -0.15) is 0 Å². The molecule has 16 heavy (non-hydrogen) atoms. The Kier molecular flexibility index (Phi) is 2.83. The van der Waals surface area contributed by atoms with Crippen molar-refractivity contribution in [3.8, 4) is 0 Å². The summed E-state index contributed by atoms with van der Waals surface area (Å²) in [6.07, 6.45) is 4.01. The molecule has 0 saturated carbocycles. The average molecular weight is 216 g/mol. The van der Waals surface area contributed by atoms with Crippen LogP contribution in [0.2, 0.25) is 0 Å². The SMILES string of the molecule is c1cc(N2CCCC2)ccc1[C@H]1CCNC1. The van der Waals surface area contributed by atoms with Gasteiger partial charge >= 0.3 is 0 Å². The summed E-state index contributed by atoms with van der Waals surface area (Å²) < 4.78 is 0. The van der Waals surface area contributed by atoms with E-state index >= 15 is 0 Å². The number of hydrogen-bond acceptors (Lipinski definition) is 2. The standard InChI is InChI=1S/C14H20N2/c1-2-10-16(9-1)14-5-3-12(4-6-14)13-7-8-15-11-13/h3-6,13,15H,1-2,7-11H2/t13-/m0/s1. The van der Waals surface area contributed by atoms with E-state index in [-0.39, 0.29) is 0 Å². The lowest BCUT2D eigenvalue weighted by molar-refractivity contribution is 0.763. The fourth-order valence-electron chi connectivity index (χ4n) is 2.87. The predicted octanol–water partition coefficient (Wildman–Crippen LogP) is 2.36. The van der Waals surface area contributed by atoms with Crippen molar-refractivity contribution in [2.45, 2.75) is 25.2 Å². The first-order chi connectivity index (χ1) is 7.93. The molecule has 2 nitrogen and oxygen atoms in total. The van der Waals surface area contributed by atoms with Crippen molar-refractivity contribution < 1.29 is 0 Å². The van der Waals surface area contributed by atoms with Gasteiger partial charge in [-0.3, -0.25) is 0 Å².